The Bertz CT molecular complexity index is 579. The molecule has 94 valence electrons. The van der Waals surface area contributed by atoms with E-state index >= 15 is 0 Å². The number of nitrogens with zero attached hydrogens (tertiary/aromatic N) is 2. The van der Waals surface area contributed by atoms with Crippen molar-refractivity contribution >= 4 is 11.6 Å². The molecule has 0 radical (unpaired) electrons. The summed E-state index contributed by atoms with van der Waals surface area (Å²) in [6, 6.07) is 5.98. The van der Waals surface area contributed by atoms with Crippen LogP contribution in [0, 0.1) is 20.8 Å². The van der Waals surface area contributed by atoms with E-state index in [1.165, 1.54) is 0 Å². The Hall–Kier alpha value is -2.10. The second-order valence-electron chi connectivity index (χ2n) is 4.60. The number of aromatic nitrogens is 2. The van der Waals surface area contributed by atoms with Gasteiger partial charge in [0.1, 0.15) is 0 Å². The molecule has 0 fully saturated rings. The van der Waals surface area contributed by atoms with Gasteiger partial charge in [-0.15, -0.1) is 0 Å². The van der Waals surface area contributed by atoms with Crippen LogP contribution in [-0.4, -0.2) is 15.7 Å². The van der Waals surface area contributed by atoms with Crippen LogP contribution in [0.1, 0.15) is 27.2 Å². The third-order valence-electron chi connectivity index (χ3n) is 2.96. The first-order valence-electron chi connectivity index (χ1n) is 5.85. The summed E-state index contributed by atoms with van der Waals surface area (Å²) in [5.41, 5.74) is 4.55. The molecule has 0 aliphatic heterocycles. The smallest absolute Gasteiger partial charge is 0.259 e. The van der Waals surface area contributed by atoms with Crippen LogP contribution in [0.5, 0.6) is 0 Å². The van der Waals surface area contributed by atoms with E-state index in [-0.39, 0.29) is 5.91 Å². The van der Waals surface area contributed by atoms with Crippen LogP contribution in [-0.2, 0) is 7.05 Å². The minimum Gasteiger partial charge on any atom is -0.322 e. The van der Waals surface area contributed by atoms with E-state index in [1.54, 1.807) is 10.9 Å². The Morgan fingerprint density at radius 1 is 1.17 bits per heavy atom. The maximum Gasteiger partial charge on any atom is 0.259 e. The molecule has 1 amide bonds. The Kier molecular flexibility index (Phi) is 3.19. The number of nitrogens with one attached hydrogen (secondary N) is 1. The van der Waals surface area contributed by atoms with Gasteiger partial charge < -0.3 is 5.32 Å². The van der Waals surface area contributed by atoms with Crippen LogP contribution in [0.3, 0.4) is 0 Å². The molecule has 0 atom stereocenters. The van der Waals surface area contributed by atoms with Crippen molar-refractivity contribution in [2.45, 2.75) is 20.8 Å². The highest BCUT2D eigenvalue weighted by Crippen LogP contribution is 2.15. The molecule has 0 bridgehead atoms. The van der Waals surface area contributed by atoms with Gasteiger partial charge in [0, 0.05) is 18.4 Å². The summed E-state index contributed by atoms with van der Waals surface area (Å²) in [6.45, 7) is 5.90. The molecule has 2 rings (SSSR count). The second-order valence-corrected chi connectivity index (χ2v) is 4.60. The Morgan fingerprint density at radius 3 is 2.28 bits per heavy atom. The summed E-state index contributed by atoms with van der Waals surface area (Å²) < 4.78 is 1.69. The molecule has 0 saturated heterocycles. The van der Waals surface area contributed by atoms with Crippen LogP contribution in [0.2, 0.25) is 0 Å². The van der Waals surface area contributed by atoms with E-state index < -0.39 is 0 Å². The van der Waals surface area contributed by atoms with Gasteiger partial charge in [-0.05, 0) is 44.0 Å². The fourth-order valence-electron chi connectivity index (χ4n) is 1.97. The molecule has 1 aromatic heterocycles. The molecule has 4 heteroatoms. The predicted octanol–water partition coefficient (Wildman–Crippen LogP) is 2.60. The summed E-state index contributed by atoms with van der Waals surface area (Å²) in [5.74, 6) is -0.120. The van der Waals surface area contributed by atoms with Crippen molar-refractivity contribution in [1.29, 1.82) is 0 Å². The topological polar surface area (TPSA) is 46.9 Å². The normalized spacial score (nSPS) is 10.4. The van der Waals surface area contributed by atoms with E-state index in [0.717, 1.165) is 22.5 Å². The number of anilines is 1. The first kappa shape index (κ1) is 12.4. The third kappa shape index (κ3) is 2.42. The van der Waals surface area contributed by atoms with E-state index in [2.05, 4.69) is 16.5 Å². The lowest BCUT2D eigenvalue weighted by molar-refractivity contribution is 0.102. The highest BCUT2D eigenvalue weighted by molar-refractivity contribution is 6.04. The quantitative estimate of drug-likeness (QED) is 0.881. The number of amides is 1. The first-order valence-corrected chi connectivity index (χ1v) is 5.85. The van der Waals surface area contributed by atoms with Gasteiger partial charge in [0.05, 0.1) is 11.8 Å². The number of carbonyl (C=O) groups excluding carboxylic acids is 1. The maximum atomic E-state index is 12.1. The number of hydrogen-bond acceptors (Lipinski definition) is 2. The van der Waals surface area contributed by atoms with Gasteiger partial charge in [0.25, 0.3) is 5.91 Å². The Balaban J connectivity index is 2.24. The zero-order chi connectivity index (χ0) is 13.3. The van der Waals surface area contributed by atoms with Crippen molar-refractivity contribution in [3.05, 3.63) is 46.8 Å². The van der Waals surface area contributed by atoms with Gasteiger partial charge >= 0.3 is 0 Å². The maximum absolute atomic E-state index is 12.1. The molecule has 1 N–H and O–H groups in total. The van der Waals surface area contributed by atoms with Crippen molar-refractivity contribution < 1.29 is 4.79 Å². The Labute approximate surface area is 107 Å². The lowest BCUT2D eigenvalue weighted by Gasteiger charge is -2.07. The van der Waals surface area contributed by atoms with E-state index in [1.807, 2.05) is 40.0 Å². The summed E-state index contributed by atoms with van der Waals surface area (Å²) in [7, 11) is 1.82. The summed E-state index contributed by atoms with van der Waals surface area (Å²) in [5, 5.41) is 6.97. The molecule has 0 unspecified atom stereocenters. The monoisotopic (exact) mass is 243 g/mol. The predicted molar refractivity (Wildman–Crippen MR) is 71.8 cm³/mol. The van der Waals surface area contributed by atoms with Gasteiger partial charge in [-0.2, -0.15) is 5.10 Å². The summed E-state index contributed by atoms with van der Waals surface area (Å²) in [6.07, 6.45) is 1.59. The highest BCUT2D eigenvalue weighted by Gasteiger charge is 2.12. The average Bonchev–Trinajstić information content (AvgIpc) is 2.58. The summed E-state index contributed by atoms with van der Waals surface area (Å²) in [4.78, 5) is 12.1. The molecule has 0 spiro atoms. The van der Waals surface area contributed by atoms with Gasteiger partial charge in [0.2, 0.25) is 0 Å². The number of carbonyl (C=O) groups is 1. The fourth-order valence-corrected chi connectivity index (χ4v) is 1.97. The first-order chi connectivity index (χ1) is 8.47. The fraction of sp³-hybridized carbons (Fsp3) is 0.286. The van der Waals surface area contributed by atoms with Gasteiger partial charge in [0.15, 0.2) is 0 Å². The third-order valence-corrected chi connectivity index (χ3v) is 2.96. The van der Waals surface area contributed by atoms with Crippen LogP contribution < -0.4 is 5.32 Å². The molecule has 4 nitrogen and oxygen atoms in total. The summed E-state index contributed by atoms with van der Waals surface area (Å²) >= 11 is 0. The molecular weight excluding hydrogens is 226 g/mol. The van der Waals surface area contributed by atoms with Crippen molar-refractivity contribution in [2.24, 2.45) is 7.05 Å². The Morgan fingerprint density at radius 2 is 1.78 bits per heavy atom. The van der Waals surface area contributed by atoms with Crippen LogP contribution in [0.15, 0.2) is 24.4 Å². The number of rotatable bonds is 2. The van der Waals surface area contributed by atoms with Crippen LogP contribution in [0.25, 0.3) is 0 Å². The number of benzene rings is 1. The molecule has 1 heterocycles. The van der Waals surface area contributed by atoms with Crippen molar-refractivity contribution in [1.82, 2.24) is 9.78 Å². The van der Waals surface area contributed by atoms with E-state index in [9.17, 15) is 4.79 Å². The zero-order valence-electron chi connectivity index (χ0n) is 11.1. The second kappa shape index (κ2) is 4.64. The minimum absolute atomic E-state index is 0.120. The van der Waals surface area contributed by atoms with Crippen molar-refractivity contribution in [2.75, 3.05) is 5.32 Å². The standard InChI is InChI=1S/C14H17N3O/c1-9-5-10(2)7-12(6-9)16-14(18)13-8-15-17(4)11(13)3/h5-8H,1-4H3,(H,16,18). The lowest BCUT2D eigenvalue weighted by Crippen LogP contribution is -2.13. The van der Waals surface area contributed by atoms with Gasteiger partial charge in [-0.3, -0.25) is 9.48 Å². The molecule has 0 saturated carbocycles. The van der Waals surface area contributed by atoms with Gasteiger partial charge in [-0.1, -0.05) is 6.07 Å². The van der Waals surface area contributed by atoms with Crippen LogP contribution in [0.4, 0.5) is 5.69 Å². The molecule has 1 aromatic carbocycles. The highest BCUT2D eigenvalue weighted by atomic mass is 16.1. The van der Waals surface area contributed by atoms with E-state index in [0.29, 0.717) is 5.56 Å². The molecule has 18 heavy (non-hydrogen) atoms. The van der Waals surface area contributed by atoms with Crippen molar-refractivity contribution in [3.63, 3.8) is 0 Å². The largest absolute Gasteiger partial charge is 0.322 e. The minimum atomic E-state index is -0.120. The van der Waals surface area contributed by atoms with Gasteiger partial charge in [-0.25, -0.2) is 0 Å². The number of aryl methyl sites for hydroxylation is 3. The van der Waals surface area contributed by atoms with E-state index in [4.69, 9.17) is 0 Å². The van der Waals surface area contributed by atoms with Crippen molar-refractivity contribution in [3.8, 4) is 0 Å². The average molecular weight is 243 g/mol. The molecule has 0 aliphatic carbocycles. The molecule has 2 aromatic rings. The molecule has 0 aliphatic rings. The zero-order valence-corrected chi connectivity index (χ0v) is 11.1. The van der Waals surface area contributed by atoms with Crippen LogP contribution >= 0.6 is 0 Å². The number of hydrogen-bond donors (Lipinski definition) is 1. The molecular formula is C14H17N3O. The lowest BCUT2D eigenvalue weighted by atomic mass is 10.1. The SMILES string of the molecule is Cc1cc(C)cc(NC(=O)c2cnn(C)c2C)c1.